The molecule has 0 aliphatic heterocycles. The van der Waals surface area contributed by atoms with Crippen LogP contribution < -0.4 is 5.32 Å². The quantitative estimate of drug-likeness (QED) is 0.859. The van der Waals surface area contributed by atoms with Crippen LogP contribution in [0.3, 0.4) is 0 Å². The lowest BCUT2D eigenvalue weighted by molar-refractivity contribution is 0.171. The molecule has 2 atom stereocenters. The molecule has 2 nitrogen and oxygen atoms in total. The summed E-state index contributed by atoms with van der Waals surface area (Å²) in [6.07, 6.45) is -0.645. The van der Waals surface area contributed by atoms with E-state index in [2.05, 4.69) is 5.32 Å². The first-order valence-corrected chi connectivity index (χ1v) is 7.25. The molecule has 0 bridgehead atoms. The van der Waals surface area contributed by atoms with Gasteiger partial charge in [0.25, 0.3) is 0 Å². The number of benzene rings is 2. The Labute approximate surface area is 129 Å². The summed E-state index contributed by atoms with van der Waals surface area (Å²) < 4.78 is 0. The molecule has 0 fully saturated rings. The molecule has 2 aromatic carbocycles. The Bertz CT molecular complexity index is 522. The molecule has 1 unspecified atom stereocenters. The Hall–Kier alpha value is -1.06. The minimum atomic E-state index is -0.645. The van der Waals surface area contributed by atoms with Crippen LogP contribution in [0.4, 0.5) is 0 Å². The van der Waals surface area contributed by atoms with Crippen LogP contribution in [0.25, 0.3) is 0 Å². The molecule has 2 rings (SSSR count). The third-order valence-corrected chi connectivity index (χ3v) is 3.94. The molecule has 0 saturated carbocycles. The van der Waals surface area contributed by atoms with Crippen molar-refractivity contribution >= 4 is 23.2 Å². The van der Waals surface area contributed by atoms with Crippen LogP contribution in [0.1, 0.15) is 30.2 Å². The van der Waals surface area contributed by atoms with Crippen LogP contribution in [0, 0.1) is 0 Å². The van der Waals surface area contributed by atoms with E-state index >= 15 is 0 Å². The Morgan fingerprint density at radius 3 is 2.00 bits per heavy atom. The van der Waals surface area contributed by atoms with E-state index in [1.165, 1.54) is 0 Å². The zero-order valence-corrected chi connectivity index (χ0v) is 12.7. The second kappa shape index (κ2) is 7.09. The zero-order chi connectivity index (χ0) is 14.5. The van der Waals surface area contributed by atoms with E-state index in [0.29, 0.717) is 11.6 Å². The molecule has 0 aliphatic carbocycles. The lowest BCUT2D eigenvalue weighted by Crippen LogP contribution is -2.25. The van der Waals surface area contributed by atoms with E-state index < -0.39 is 6.10 Å². The Morgan fingerprint density at radius 2 is 1.45 bits per heavy atom. The SMILES string of the molecule is C[C@H](NCC(O)c1ccccc1Cl)c1ccccc1Cl. The van der Waals surface area contributed by atoms with Crippen LogP contribution in [0.5, 0.6) is 0 Å². The van der Waals surface area contributed by atoms with Gasteiger partial charge >= 0.3 is 0 Å². The maximum absolute atomic E-state index is 10.2. The fourth-order valence-corrected chi connectivity index (χ4v) is 2.64. The summed E-state index contributed by atoms with van der Waals surface area (Å²) in [5, 5.41) is 14.8. The topological polar surface area (TPSA) is 32.3 Å². The minimum Gasteiger partial charge on any atom is -0.387 e. The highest BCUT2D eigenvalue weighted by atomic mass is 35.5. The molecule has 0 saturated heterocycles. The van der Waals surface area contributed by atoms with Crippen LogP contribution in [0.2, 0.25) is 10.0 Å². The molecular formula is C16H17Cl2NO. The standard InChI is InChI=1S/C16H17Cl2NO/c1-11(12-6-2-4-8-14(12)17)19-10-16(20)13-7-3-5-9-15(13)18/h2-9,11,16,19-20H,10H2,1H3/t11-,16?/m0/s1. The number of hydrogen-bond donors (Lipinski definition) is 2. The second-order valence-electron chi connectivity index (χ2n) is 4.69. The summed E-state index contributed by atoms with van der Waals surface area (Å²) in [7, 11) is 0. The average Bonchev–Trinajstić information content (AvgIpc) is 2.45. The summed E-state index contributed by atoms with van der Waals surface area (Å²) in [5.74, 6) is 0. The molecule has 0 spiro atoms. The van der Waals surface area contributed by atoms with Gasteiger partial charge < -0.3 is 10.4 Å². The first kappa shape index (κ1) is 15.3. The minimum absolute atomic E-state index is 0.0563. The number of aliphatic hydroxyl groups excluding tert-OH is 1. The first-order valence-electron chi connectivity index (χ1n) is 6.50. The number of nitrogens with one attached hydrogen (secondary N) is 1. The van der Waals surface area contributed by atoms with Crippen molar-refractivity contribution in [3.05, 3.63) is 69.7 Å². The molecule has 0 heterocycles. The number of aliphatic hydroxyl groups is 1. The van der Waals surface area contributed by atoms with Crippen LogP contribution in [0.15, 0.2) is 48.5 Å². The van der Waals surface area contributed by atoms with E-state index in [-0.39, 0.29) is 6.04 Å². The highest BCUT2D eigenvalue weighted by Crippen LogP contribution is 2.25. The molecule has 0 radical (unpaired) electrons. The molecule has 2 aromatic rings. The molecule has 0 aromatic heterocycles. The van der Waals surface area contributed by atoms with Gasteiger partial charge in [0.15, 0.2) is 0 Å². The fourth-order valence-electron chi connectivity index (χ4n) is 2.08. The predicted octanol–water partition coefficient (Wildman–Crippen LogP) is 4.38. The molecule has 20 heavy (non-hydrogen) atoms. The predicted molar refractivity (Wildman–Crippen MR) is 84.3 cm³/mol. The van der Waals surface area contributed by atoms with Crippen molar-refractivity contribution in [2.24, 2.45) is 0 Å². The summed E-state index contributed by atoms with van der Waals surface area (Å²) in [6, 6.07) is 15.1. The second-order valence-corrected chi connectivity index (χ2v) is 5.50. The van der Waals surface area contributed by atoms with Crippen molar-refractivity contribution in [2.75, 3.05) is 6.54 Å². The van der Waals surface area contributed by atoms with E-state index in [4.69, 9.17) is 23.2 Å². The highest BCUT2D eigenvalue weighted by molar-refractivity contribution is 6.31. The highest BCUT2D eigenvalue weighted by Gasteiger charge is 2.14. The van der Waals surface area contributed by atoms with Crippen LogP contribution in [-0.4, -0.2) is 11.7 Å². The van der Waals surface area contributed by atoms with Crippen molar-refractivity contribution in [1.29, 1.82) is 0 Å². The zero-order valence-electron chi connectivity index (χ0n) is 11.2. The fraction of sp³-hybridized carbons (Fsp3) is 0.250. The first-order chi connectivity index (χ1) is 9.59. The van der Waals surface area contributed by atoms with Gasteiger partial charge in [-0.3, -0.25) is 0 Å². The van der Waals surface area contributed by atoms with Gasteiger partial charge in [0.1, 0.15) is 0 Å². The molecule has 4 heteroatoms. The van der Waals surface area contributed by atoms with Gasteiger partial charge in [-0.05, 0) is 24.6 Å². The van der Waals surface area contributed by atoms with Crippen LogP contribution in [-0.2, 0) is 0 Å². The normalized spacial score (nSPS) is 14.0. The van der Waals surface area contributed by atoms with E-state index in [1.54, 1.807) is 6.07 Å². The van der Waals surface area contributed by atoms with Gasteiger partial charge in [-0.1, -0.05) is 59.6 Å². The number of hydrogen-bond acceptors (Lipinski definition) is 2. The molecular weight excluding hydrogens is 293 g/mol. The van der Waals surface area contributed by atoms with E-state index in [9.17, 15) is 5.11 Å². The smallest absolute Gasteiger partial charge is 0.0928 e. The summed E-state index contributed by atoms with van der Waals surface area (Å²) >= 11 is 12.2. The largest absolute Gasteiger partial charge is 0.387 e. The molecule has 106 valence electrons. The number of halogens is 2. The maximum Gasteiger partial charge on any atom is 0.0928 e. The van der Waals surface area contributed by atoms with Crippen LogP contribution >= 0.6 is 23.2 Å². The van der Waals surface area contributed by atoms with Gasteiger partial charge in [-0.2, -0.15) is 0 Å². The van der Waals surface area contributed by atoms with Crippen molar-refractivity contribution in [1.82, 2.24) is 5.32 Å². The molecule has 0 aliphatic rings. The molecule has 0 amide bonds. The molecule has 2 N–H and O–H groups in total. The summed E-state index contributed by atoms with van der Waals surface area (Å²) in [6.45, 7) is 2.43. The maximum atomic E-state index is 10.2. The summed E-state index contributed by atoms with van der Waals surface area (Å²) in [4.78, 5) is 0. The monoisotopic (exact) mass is 309 g/mol. The third kappa shape index (κ3) is 3.74. The van der Waals surface area contributed by atoms with Crippen molar-refractivity contribution in [3.8, 4) is 0 Å². The Morgan fingerprint density at radius 1 is 0.950 bits per heavy atom. The van der Waals surface area contributed by atoms with Gasteiger partial charge in [0, 0.05) is 28.2 Å². The lowest BCUT2D eigenvalue weighted by Gasteiger charge is -2.19. The van der Waals surface area contributed by atoms with Gasteiger partial charge in [0.05, 0.1) is 6.10 Å². The lowest BCUT2D eigenvalue weighted by atomic mass is 10.1. The van der Waals surface area contributed by atoms with Gasteiger partial charge in [-0.15, -0.1) is 0 Å². The summed E-state index contributed by atoms with van der Waals surface area (Å²) in [5.41, 5.74) is 1.74. The van der Waals surface area contributed by atoms with Gasteiger partial charge in [-0.25, -0.2) is 0 Å². The van der Waals surface area contributed by atoms with E-state index in [0.717, 1.165) is 16.1 Å². The third-order valence-electron chi connectivity index (χ3n) is 3.25. The van der Waals surface area contributed by atoms with Crippen molar-refractivity contribution < 1.29 is 5.11 Å². The average molecular weight is 310 g/mol. The Kier molecular flexibility index (Phi) is 5.44. The van der Waals surface area contributed by atoms with Gasteiger partial charge in [0.2, 0.25) is 0 Å². The number of rotatable bonds is 5. The van der Waals surface area contributed by atoms with Crippen molar-refractivity contribution in [2.45, 2.75) is 19.1 Å². The Balaban J connectivity index is 1.99. The van der Waals surface area contributed by atoms with E-state index in [1.807, 2.05) is 49.4 Å². The van der Waals surface area contributed by atoms with Crippen molar-refractivity contribution in [3.63, 3.8) is 0 Å².